The highest BCUT2D eigenvalue weighted by molar-refractivity contribution is 9.08. The first kappa shape index (κ1) is 14.9. The van der Waals surface area contributed by atoms with Crippen LogP contribution in [0.25, 0.3) is 0 Å². The Kier molecular flexibility index (Phi) is 4.71. The van der Waals surface area contributed by atoms with Crippen molar-refractivity contribution in [2.24, 2.45) is 0 Å². The zero-order chi connectivity index (χ0) is 13.9. The van der Waals surface area contributed by atoms with E-state index in [1.807, 2.05) is 0 Å². The molecule has 1 heterocycles. The van der Waals surface area contributed by atoms with E-state index in [1.165, 1.54) is 7.11 Å². The summed E-state index contributed by atoms with van der Waals surface area (Å²) in [7, 11) is 1.17. The van der Waals surface area contributed by atoms with Crippen LogP contribution >= 0.6 is 15.9 Å². The minimum Gasteiger partial charge on any atom is -0.481 e. The van der Waals surface area contributed by atoms with Gasteiger partial charge in [-0.15, -0.1) is 13.2 Å². The second kappa shape index (κ2) is 5.68. The lowest BCUT2D eigenvalue weighted by molar-refractivity contribution is -0.275. The standard InChI is InChI=1S/C9H7BrF5NO2/c1-17-8-4(2-10)6(7(11)12)5(3-16-8)18-9(13,14)15/h3,7H,2H2,1H3. The molecule has 0 saturated heterocycles. The number of pyridine rings is 1. The van der Waals surface area contributed by atoms with Crippen molar-refractivity contribution in [1.82, 2.24) is 4.98 Å². The number of halogens is 6. The highest BCUT2D eigenvalue weighted by Crippen LogP contribution is 2.39. The molecule has 0 unspecified atom stereocenters. The molecule has 18 heavy (non-hydrogen) atoms. The Labute approximate surface area is 107 Å². The maximum Gasteiger partial charge on any atom is 0.573 e. The van der Waals surface area contributed by atoms with Gasteiger partial charge >= 0.3 is 6.36 Å². The molecule has 1 aromatic rings. The average molecular weight is 336 g/mol. The number of ether oxygens (including phenoxy) is 2. The van der Waals surface area contributed by atoms with Gasteiger partial charge in [0.15, 0.2) is 5.75 Å². The number of alkyl halides is 6. The molecule has 0 aliphatic carbocycles. The molecule has 0 bridgehead atoms. The van der Waals surface area contributed by atoms with Gasteiger partial charge in [-0.1, -0.05) is 15.9 Å². The van der Waals surface area contributed by atoms with Crippen LogP contribution in [0.15, 0.2) is 6.20 Å². The third kappa shape index (κ3) is 3.44. The van der Waals surface area contributed by atoms with Crippen LogP contribution < -0.4 is 9.47 Å². The summed E-state index contributed by atoms with van der Waals surface area (Å²) < 4.78 is 70.0. The average Bonchev–Trinajstić information content (AvgIpc) is 2.25. The lowest BCUT2D eigenvalue weighted by atomic mass is 10.1. The molecule has 102 valence electrons. The van der Waals surface area contributed by atoms with E-state index in [-0.39, 0.29) is 16.8 Å². The van der Waals surface area contributed by atoms with Crippen molar-refractivity contribution in [2.45, 2.75) is 18.1 Å². The van der Waals surface area contributed by atoms with Crippen molar-refractivity contribution in [1.29, 1.82) is 0 Å². The van der Waals surface area contributed by atoms with Crippen LogP contribution in [0.3, 0.4) is 0 Å². The fourth-order valence-electron chi connectivity index (χ4n) is 1.28. The van der Waals surface area contributed by atoms with Crippen molar-refractivity contribution in [3.8, 4) is 11.6 Å². The van der Waals surface area contributed by atoms with Crippen LogP contribution in [0.1, 0.15) is 17.6 Å². The van der Waals surface area contributed by atoms with Gasteiger partial charge in [0.05, 0.1) is 18.9 Å². The Morgan fingerprint density at radius 2 is 2.00 bits per heavy atom. The molecule has 0 radical (unpaired) electrons. The minimum atomic E-state index is -5.07. The molecule has 0 N–H and O–H groups in total. The third-order valence-electron chi connectivity index (χ3n) is 1.92. The zero-order valence-corrected chi connectivity index (χ0v) is 10.5. The van der Waals surface area contributed by atoms with Crippen LogP contribution in [0.2, 0.25) is 0 Å². The summed E-state index contributed by atoms with van der Waals surface area (Å²) in [6.07, 6.45) is -7.66. The molecule has 0 aliphatic heterocycles. The summed E-state index contributed by atoms with van der Waals surface area (Å²) in [6, 6.07) is 0. The Morgan fingerprint density at radius 3 is 2.39 bits per heavy atom. The zero-order valence-electron chi connectivity index (χ0n) is 8.89. The SMILES string of the molecule is COc1ncc(OC(F)(F)F)c(C(F)F)c1CBr. The largest absolute Gasteiger partial charge is 0.573 e. The Bertz CT molecular complexity index is 424. The molecule has 0 atom stereocenters. The normalized spacial score (nSPS) is 11.8. The van der Waals surface area contributed by atoms with Gasteiger partial charge in [-0.2, -0.15) is 0 Å². The first-order chi connectivity index (χ1) is 8.30. The lowest BCUT2D eigenvalue weighted by Crippen LogP contribution is -2.19. The van der Waals surface area contributed by atoms with Gasteiger partial charge in [-0.3, -0.25) is 0 Å². The molecule has 0 fully saturated rings. The molecular weight excluding hydrogens is 329 g/mol. The quantitative estimate of drug-likeness (QED) is 0.619. The van der Waals surface area contributed by atoms with Gasteiger partial charge in [0.25, 0.3) is 6.43 Å². The van der Waals surface area contributed by atoms with Gasteiger partial charge in [-0.05, 0) is 0 Å². The third-order valence-corrected chi connectivity index (χ3v) is 2.48. The predicted molar refractivity (Wildman–Crippen MR) is 55.1 cm³/mol. The highest BCUT2D eigenvalue weighted by atomic mass is 79.9. The van der Waals surface area contributed by atoms with E-state index in [4.69, 9.17) is 4.74 Å². The molecule has 0 saturated carbocycles. The van der Waals surface area contributed by atoms with E-state index >= 15 is 0 Å². The van der Waals surface area contributed by atoms with Gasteiger partial charge in [-0.25, -0.2) is 13.8 Å². The fraction of sp³-hybridized carbons (Fsp3) is 0.444. The molecule has 0 aromatic carbocycles. The maximum atomic E-state index is 12.8. The molecule has 0 spiro atoms. The van der Waals surface area contributed by atoms with E-state index in [0.717, 1.165) is 0 Å². The maximum absolute atomic E-state index is 12.8. The number of nitrogens with zero attached hydrogens (tertiary/aromatic N) is 1. The number of hydrogen-bond acceptors (Lipinski definition) is 3. The minimum absolute atomic E-state index is 0.141. The van der Waals surface area contributed by atoms with Gasteiger partial charge in [0, 0.05) is 10.9 Å². The van der Waals surface area contributed by atoms with Gasteiger partial charge < -0.3 is 9.47 Å². The number of rotatable bonds is 4. The van der Waals surface area contributed by atoms with E-state index in [1.54, 1.807) is 0 Å². The molecule has 3 nitrogen and oxygen atoms in total. The van der Waals surface area contributed by atoms with Gasteiger partial charge in [0.1, 0.15) is 0 Å². The molecular formula is C9H7BrF5NO2. The molecule has 0 aliphatic rings. The molecule has 0 amide bonds. The second-order valence-corrected chi connectivity index (χ2v) is 3.57. The summed E-state index contributed by atoms with van der Waals surface area (Å²) in [5, 5.41) is -0.141. The summed E-state index contributed by atoms with van der Waals surface area (Å²) in [5.41, 5.74) is -1.08. The van der Waals surface area contributed by atoms with Crippen LogP contribution in [-0.4, -0.2) is 18.5 Å². The Hall–Kier alpha value is -1.12. The highest BCUT2D eigenvalue weighted by Gasteiger charge is 2.35. The molecule has 1 rings (SSSR count). The molecule has 1 aromatic heterocycles. The van der Waals surface area contributed by atoms with Crippen molar-refractivity contribution < 1.29 is 31.4 Å². The summed E-state index contributed by atoms with van der Waals surface area (Å²) >= 11 is 2.89. The van der Waals surface area contributed by atoms with Crippen molar-refractivity contribution in [3.63, 3.8) is 0 Å². The first-order valence-corrected chi connectivity index (χ1v) is 5.58. The van der Waals surface area contributed by atoms with E-state index in [0.29, 0.717) is 6.20 Å². The molecule has 9 heteroatoms. The number of hydrogen-bond donors (Lipinski definition) is 0. The predicted octanol–water partition coefficient (Wildman–Crippen LogP) is 3.82. The summed E-state index contributed by atoms with van der Waals surface area (Å²) in [6.45, 7) is 0. The van der Waals surface area contributed by atoms with Crippen molar-refractivity contribution in [3.05, 3.63) is 17.3 Å². The smallest absolute Gasteiger partial charge is 0.481 e. The Balaban J connectivity index is 3.35. The van der Waals surface area contributed by atoms with E-state index in [9.17, 15) is 22.0 Å². The summed E-state index contributed by atoms with van der Waals surface area (Å²) in [4.78, 5) is 3.48. The fourth-order valence-corrected chi connectivity index (χ4v) is 1.82. The Morgan fingerprint density at radius 1 is 1.39 bits per heavy atom. The van der Waals surface area contributed by atoms with Crippen LogP contribution in [-0.2, 0) is 5.33 Å². The number of aromatic nitrogens is 1. The first-order valence-electron chi connectivity index (χ1n) is 4.45. The van der Waals surface area contributed by atoms with Crippen LogP contribution in [0, 0.1) is 0 Å². The van der Waals surface area contributed by atoms with Crippen LogP contribution in [0.4, 0.5) is 22.0 Å². The van der Waals surface area contributed by atoms with Crippen LogP contribution in [0.5, 0.6) is 11.6 Å². The van der Waals surface area contributed by atoms with E-state index < -0.39 is 24.1 Å². The van der Waals surface area contributed by atoms with Crippen molar-refractivity contribution >= 4 is 15.9 Å². The summed E-state index contributed by atoms with van der Waals surface area (Å²) in [5.74, 6) is -1.22. The van der Waals surface area contributed by atoms with Crippen molar-refractivity contribution in [2.75, 3.05) is 7.11 Å². The lowest BCUT2D eigenvalue weighted by Gasteiger charge is -2.16. The van der Waals surface area contributed by atoms with E-state index in [2.05, 4.69) is 25.7 Å². The monoisotopic (exact) mass is 335 g/mol. The topological polar surface area (TPSA) is 31.4 Å². The second-order valence-electron chi connectivity index (χ2n) is 3.01. The van der Waals surface area contributed by atoms with Gasteiger partial charge in [0.2, 0.25) is 5.88 Å². The number of methoxy groups -OCH3 is 1.